The van der Waals surface area contributed by atoms with Crippen LogP contribution in [0, 0.1) is 0 Å². The van der Waals surface area contributed by atoms with Gasteiger partial charge in [-0.25, -0.2) is 0 Å². The second kappa shape index (κ2) is 4.27. The van der Waals surface area contributed by atoms with Crippen molar-refractivity contribution in [2.75, 3.05) is 0 Å². The molecule has 0 saturated carbocycles. The predicted molar refractivity (Wildman–Crippen MR) is 72.6 cm³/mol. The van der Waals surface area contributed by atoms with Gasteiger partial charge in [0.25, 0.3) is 0 Å². The number of phenols is 1. The van der Waals surface area contributed by atoms with Crippen LogP contribution >= 0.6 is 0 Å². The molecule has 0 bridgehead atoms. The Balaban J connectivity index is 1.95. The molecular formula is C16H12O6. The van der Waals surface area contributed by atoms with E-state index in [-0.39, 0.29) is 40.2 Å². The lowest BCUT2D eigenvalue weighted by Gasteiger charge is -2.35. The summed E-state index contributed by atoms with van der Waals surface area (Å²) in [5.74, 6) is -1.54. The average Bonchev–Trinajstić information content (AvgIpc) is 2.83. The van der Waals surface area contributed by atoms with Crippen molar-refractivity contribution in [3.05, 3.63) is 40.5 Å². The van der Waals surface area contributed by atoms with Crippen molar-refractivity contribution in [2.45, 2.75) is 31.7 Å². The van der Waals surface area contributed by atoms with E-state index in [9.17, 15) is 19.5 Å². The van der Waals surface area contributed by atoms with Crippen LogP contribution in [0.5, 0.6) is 5.75 Å². The van der Waals surface area contributed by atoms with Crippen LogP contribution in [-0.2, 0) is 14.3 Å². The third kappa shape index (κ3) is 1.55. The molecule has 1 saturated heterocycles. The molecule has 2 heterocycles. The molecule has 112 valence electrons. The van der Waals surface area contributed by atoms with E-state index in [0.717, 1.165) is 0 Å². The minimum Gasteiger partial charge on any atom is -0.507 e. The van der Waals surface area contributed by atoms with Crippen LogP contribution in [0.2, 0.25) is 0 Å². The number of hydrogen-bond donors (Lipinski definition) is 1. The lowest BCUT2D eigenvalue weighted by Crippen LogP contribution is -2.44. The van der Waals surface area contributed by atoms with E-state index in [1.807, 2.05) is 0 Å². The van der Waals surface area contributed by atoms with E-state index in [1.165, 1.54) is 18.2 Å². The molecule has 0 aromatic heterocycles. The Morgan fingerprint density at radius 1 is 1.14 bits per heavy atom. The average molecular weight is 300 g/mol. The van der Waals surface area contributed by atoms with E-state index in [0.29, 0.717) is 0 Å². The second-order valence-electron chi connectivity index (χ2n) is 5.62. The molecule has 6 nitrogen and oxygen atoms in total. The summed E-state index contributed by atoms with van der Waals surface area (Å²) in [5, 5.41) is 9.96. The Hall–Kier alpha value is -2.47. The van der Waals surface area contributed by atoms with Crippen LogP contribution in [-0.4, -0.2) is 41.0 Å². The highest BCUT2D eigenvalue weighted by Gasteiger charge is 2.51. The molecule has 1 aromatic rings. The Morgan fingerprint density at radius 3 is 2.68 bits per heavy atom. The largest absolute Gasteiger partial charge is 0.507 e. The number of carbonyl (C=O) groups excluding carboxylic acids is 3. The zero-order valence-corrected chi connectivity index (χ0v) is 11.7. The van der Waals surface area contributed by atoms with Gasteiger partial charge in [-0.3, -0.25) is 14.4 Å². The number of fused-ring (bicyclic) bond motifs is 3. The number of rotatable bonds is 0. The van der Waals surface area contributed by atoms with Gasteiger partial charge in [0.15, 0.2) is 17.7 Å². The van der Waals surface area contributed by atoms with Gasteiger partial charge in [-0.2, -0.15) is 0 Å². The fourth-order valence-corrected chi connectivity index (χ4v) is 3.41. The third-order valence-corrected chi connectivity index (χ3v) is 4.33. The first-order chi connectivity index (χ1) is 10.5. The number of ketones is 2. The quantitative estimate of drug-likeness (QED) is 0.723. The number of ether oxygens (including phenoxy) is 2. The second-order valence-corrected chi connectivity index (χ2v) is 5.62. The molecule has 1 N–H and O–H groups in total. The Labute approximate surface area is 125 Å². The van der Waals surface area contributed by atoms with Gasteiger partial charge in [-0.05, 0) is 13.0 Å². The van der Waals surface area contributed by atoms with Gasteiger partial charge >= 0.3 is 5.97 Å². The molecule has 1 aromatic carbocycles. The molecule has 6 heteroatoms. The molecule has 0 radical (unpaired) electrons. The molecule has 22 heavy (non-hydrogen) atoms. The summed E-state index contributed by atoms with van der Waals surface area (Å²) in [4.78, 5) is 37.0. The number of carbonyl (C=O) groups is 3. The number of phenolic OH excluding ortho intramolecular Hbond substituents is 1. The molecule has 0 unspecified atom stereocenters. The van der Waals surface area contributed by atoms with Crippen LogP contribution in [0.3, 0.4) is 0 Å². The van der Waals surface area contributed by atoms with Crippen molar-refractivity contribution in [3.8, 4) is 5.75 Å². The first-order valence-corrected chi connectivity index (χ1v) is 6.99. The van der Waals surface area contributed by atoms with Crippen molar-refractivity contribution in [3.63, 3.8) is 0 Å². The van der Waals surface area contributed by atoms with Crippen molar-refractivity contribution in [1.82, 2.24) is 0 Å². The maximum absolute atomic E-state index is 12.8. The van der Waals surface area contributed by atoms with Gasteiger partial charge in [0.05, 0.1) is 23.7 Å². The summed E-state index contributed by atoms with van der Waals surface area (Å²) in [6.07, 6.45) is -1.98. The molecule has 0 amide bonds. The van der Waals surface area contributed by atoms with Crippen LogP contribution in [0.1, 0.15) is 34.1 Å². The minimum atomic E-state index is -0.872. The topological polar surface area (TPSA) is 89.9 Å². The van der Waals surface area contributed by atoms with Gasteiger partial charge in [-0.1, -0.05) is 12.1 Å². The molecule has 2 aliphatic heterocycles. The van der Waals surface area contributed by atoms with E-state index in [1.54, 1.807) is 6.92 Å². The SMILES string of the molecule is C[C@H]1O[C@@H]2CC(=O)O[C@H]2C2=C1C(=O)c1cccc(O)c1C2=O. The summed E-state index contributed by atoms with van der Waals surface area (Å²) in [6.45, 7) is 1.67. The number of aromatic hydroxyl groups is 1. The highest BCUT2D eigenvalue weighted by atomic mass is 16.6. The third-order valence-electron chi connectivity index (χ3n) is 4.33. The maximum Gasteiger partial charge on any atom is 0.309 e. The van der Waals surface area contributed by atoms with E-state index in [4.69, 9.17) is 9.47 Å². The van der Waals surface area contributed by atoms with Gasteiger partial charge < -0.3 is 14.6 Å². The lowest BCUT2D eigenvalue weighted by atomic mass is 9.77. The van der Waals surface area contributed by atoms with Crippen LogP contribution in [0.25, 0.3) is 0 Å². The van der Waals surface area contributed by atoms with Crippen molar-refractivity contribution < 1.29 is 29.0 Å². The Morgan fingerprint density at radius 2 is 1.91 bits per heavy atom. The molecule has 1 aliphatic carbocycles. The van der Waals surface area contributed by atoms with Crippen molar-refractivity contribution in [1.29, 1.82) is 0 Å². The first kappa shape index (κ1) is 13.2. The molecule has 3 atom stereocenters. The highest BCUT2D eigenvalue weighted by Crippen LogP contribution is 2.42. The van der Waals surface area contributed by atoms with Gasteiger partial charge in [0.1, 0.15) is 11.9 Å². The summed E-state index contributed by atoms with van der Waals surface area (Å²) in [5.41, 5.74) is 0.497. The van der Waals surface area contributed by atoms with Gasteiger partial charge in [-0.15, -0.1) is 0 Å². The van der Waals surface area contributed by atoms with Crippen LogP contribution < -0.4 is 0 Å². The summed E-state index contributed by atoms with van der Waals surface area (Å²) in [6, 6.07) is 4.37. The predicted octanol–water partition coefficient (Wildman–Crippen LogP) is 1.17. The standard InChI is InChI=1S/C16H12O6/c1-6-11-13(16-9(21-6)5-10(18)22-16)15(20)12-7(14(11)19)3-2-4-8(12)17/h2-4,6,9,16-17H,5H2,1H3/t6-,9-,16-/m1/s1. The zero-order chi connectivity index (χ0) is 15.6. The fraction of sp³-hybridized carbons (Fsp3) is 0.312. The molecule has 3 aliphatic rings. The summed E-state index contributed by atoms with van der Waals surface area (Å²) < 4.78 is 10.9. The van der Waals surface area contributed by atoms with E-state index < -0.39 is 30.1 Å². The smallest absolute Gasteiger partial charge is 0.309 e. The monoisotopic (exact) mass is 300 g/mol. The number of esters is 1. The highest BCUT2D eigenvalue weighted by molar-refractivity contribution is 6.28. The summed E-state index contributed by atoms with van der Waals surface area (Å²) in [7, 11) is 0. The fourth-order valence-electron chi connectivity index (χ4n) is 3.41. The number of hydrogen-bond acceptors (Lipinski definition) is 6. The van der Waals surface area contributed by atoms with Crippen LogP contribution in [0.15, 0.2) is 29.3 Å². The molecule has 4 rings (SSSR count). The van der Waals surface area contributed by atoms with Crippen molar-refractivity contribution in [2.24, 2.45) is 0 Å². The van der Waals surface area contributed by atoms with Gasteiger partial charge in [0.2, 0.25) is 0 Å². The molecular weight excluding hydrogens is 288 g/mol. The lowest BCUT2D eigenvalue weighted by molar-refractivity contribution is -0.140. The first-order valence-electron chi connectivity index (χ1n) is 6.99. The van der Waals surface area contributed by atoms with Crippen molar-refractivity contribution >= 4 is 17.5 Å². The number of benzene rings is 1. The van der Waals surface area contributed by atoms with E-state index in [2.05, 4.69) is 0 Å². The Bertz CT molecular complexity index is 775. The zero-order valence-electron chi connectivity index (χ0n) is 11.7. The maximum atomic E-state index is 12.8. The molecule has 0 spiro atoms. The van der Waals surface area contributed by atoms with E-state index >= 15 is 0 Å². The molecule has 1 fully saturated rings. The normalized spacial score (nSPS) is 29.9. The Kier molecular flexibility index (Phi) is 2.56. The minimum absolute atomic E-state index is 0.0259. The van der Waals surface area contributed by atoms with Gasteiger partial charge in [0, 0.05) is 11.1 Å². The number of Topliss-reactive ketones (excluding diaryl/α,β-unsaturated/α-hetero) is 2. The summed E-state index contributed by atoms with van der Waals surface area (Å²) >= 11 is 0. The van der Waals surface area contributed by atoms with Crippen LogP contribution in [0.4, 0.5) is 0 Å².